The first-order valence-electron chi connectivity index (χ1n) is 19.9. The summed E-state index contributed by atoms with van der Waals surface area (Å²) >= 11 is 0. The number of amidine groups is 1. The maximum atomic E-state index is 6.62. The Morgan fingerprint density at radius 2 is 1.09 bits per heavy atom. The summed E-state index contributed by atoms with van der Waals surface area (Å²) in [5.74, 6) is 2.51. The summed E-state index contributed by atoms with van der Waals surface area (Å²) in [4.78, 5) is 10.4. The summed E-state index contributed by atoms with van der Waals surface area (Å²) in [5.41, 5.74) is 15.3. The van der Waals surface area contributed by atoms with Crippen molar-refractivity contribution in [1.82, 2.24) is 4.57 Å². The molecule has 4 nitrogen and oxygen atoms in total. The fourth-order valence-electron chi connectivity index (χ4n) is 9.66. The molecular weight excluding hydrogens is 707 g/mol. The zero-order valence-electron chi connectivity index (χ0n) is 31.5. The molecule has 0 saturated carbocycles. The van der Waals surface area contributed by atoms with Crippen LogP contribution in [-0.4, -0.2) is 16.1 Å². The molecule has 4 heteroatoms. The Bertz CT molecular complexity index is 3180. The van der Waals surface area contributed by atoms with E-state index in [4.69, 9.17) is 14.7 Å². The smallest absolute Gasteiger partial charge is 0.160 e. The third kappa shape index (κ3) is 4.75. The Balaban J connectivity index is 1.07. The molecule has 1 aliphatic carbocycles. The van der Waals surface area contributed by atoms with Crippen LogP contribution in [0.3, 0.4) is 0 Å². The Kier molecular flexibility index (Phi) is 7.17. The monoisotopic (exact) mass is 741 g/mol. The van der Waals surface area contributed by atoms with Crippen LogP contribution in [0.2, 0.25) is 0 Å². The molecule has 8 aromatic carbocycles. The standard InChI is InChI=1S/C54H35N3O/c1-3-16-35(17-4-1)47-30-31-48(56-53(55-47)36-18-5-2-6-19-36)37-20-15-21-38(32-37)57-49-27-12-8-23-40(49)42-33-46-41(34-50(42)57)39-22-7-9-24-43(39)54(46)44-25-10-13-28-51(44)58-52-29-14-11-26-45(52)54/h1-30,32-34H,31H2. The van der Waals surface area contributed by atoms with Gasteiger partial charge in [-0.2, -0.15) is 0 Å². The normalized spacial score (nSPS) is 14.7. The molecule has 0 unspecified atom stereocenters. The van der Waals surface area contributed by atoms with Crippen LogP contribution < -0.4 is 4.74 Å². The number of aromatic nitrogens is 1. The summed E-state index contributed by atoms with van der Waals surface area (Å²) < 4.78 is 9.05. The van der Waals surface area contributed by atoms with E-state index in [-0.39, 0.29) is 0 Å². The quantitative estimate of drug-likeness (QED) is 0.177. The summed E-state index contributed by atoms with van der Waals surface area (Å²) in [6.45, 7) is 0. The Labute approximate surface area is 336 Å². The van der Waals surface area contributed by atoms with Crippen molar-refractivity contribution in [2.45, 2.75) is 11.8 Å². The number of benzene rings is 8. The molecule has 0 bridgehead atoms. The molecule has 0 radical (unpaired) electrons. The largest absolute Gasteiger partial charge is 0.457 e. The average molecular weight is 742 g/mol. The molecule has 3 aliphatic rings. The van der Waals surface area contributed by atoms with Crippen LogP contribution in [0.5, 0.6) is 11.5 Å². The first-order chi connectivity index (χ1) is 28.8. The van der Waals surface area contributed by atoms with Crippen molar-refractivity contribution >= 4 is 39.1 Å². The van der Waals surface area contributed by atoms with Gasteiger partial charge in [0.05, 0.1) is 27.9 Å². The highest BCUT2D eigenvalue weighted by atomic mass is 16.5. The van der Waals surface area contributed by atoms with Crippen LogP contribution in [0, 0.1) is 0 Å². The molecule has 0 saturated heterocycles. The maximum Gasteiger partial charge on any atom is 0.160 e. The minimum atomic E-state index is -0.531. The van der Waals surface area contributed by atoms with Gasteiger partial charge in [0.25, 0.3) is 0 Å². The molecule has 12 rings (SSSR count). The van der Waals surface area contributed by atoms with E-state index in [1.165, 1.54) is 44.2 Å². The molecule has 1 aromatic heterocycles. The number of aliphatic imine (C=N–C) groups is 2. The molecule has 9 aromatic rings. The topological polar surface area (TPSA) is 38.9 Å². The first-order valence-corrected chi connectivity index (χ1v) is 19.9. The second-order valence-corrected chi connectivity index (χ2v) is 15.2. The highest BCUT2D eigenvalue weighted by Crippen LogP contribution is 2.62. The third-order valence-electron chi connectivity index (χ3n) is 12.1. The van der Waals surface area contributed by atoms with Gasteiger partial charge in [0, 0.05) is 39.6 Å². The summed E-state index contributed by atoms with van der Waals surface area (Å²) in [5, 5.41) is 2.43. The van der Waals surface area contributed by atoms with E-state index in [9.17, 15) is 0 Å². The predicted molar refractivity (Wildman–Crippen MR) is 237 cm³/mol. The lowest BCUT2D eigenvalue weighted by Crippen LogP contribution is -2.32. The van der Waals surface area contributed by atoms with E-state index < -0.39 is 5.41 Å². The van der Waals surface area contributed by atoms with Gasteiger partial charge in [-0.15, -0.1) is 0 Å². The predicted octanol–water partition coefficient (Wildman–Crippen LogP) is 12.9. The first kappa shape index (κ1) is 32.7. The molecule has 1 spiro atoms. The maximum absolute atomic E-state index is 6.62. The SMILES string of the molecule is C1=C(c2ccccc2)N=C(c2ccccc2)N=C(c2cccc(-n3c4ccccc4c4cc5c(cc43)-c3ccccc3C53c4ccccc4Oc4ccccc43)c2)C1. The lowest BCUT2D eigenvalue weighted by Gasteiger charge is -2.39. The van der Waals surface area contributed by atoms with Crippen molar-refractivity contribution in [3.63, 3.8) is 0 Å². The number of allylic oxidation sites excluding steroid dienone is 1. The van der Waals surface area contributed by atoms with E-state index in [0.717, 1.165) is 56.3 Å². The van der Waals surface area contributed by atoms with Crippen molar-refractivity contribution < 1.29 is 4.74 Å². The summed E-state index contributed by atoms with van der Waals surface area (Å²) in [6.07, 6.45) is 2.86. The minimum Gasteiger partial charge on any atom is -0.457 e. The van der Waals surface area contributed by atoms with Crippen LogP contribution in [0.1, 0.15) is 45.4 Å². The second kappa shape index (κ2) is 12.7. The van der Waals surface area contributed by atoms with Crippen molar-refractivity contribution in [2.24, 2.45) is 9.98 Å². The fraction of sp³-hybridized carbons (Fsp3) is 0.0370. The number of hydrogen-bond donors (Lipinski definition) is 0. The van der Waals surface area contributed by atoms with Gasteiger partial charge in [0.2, 0.25) is 0 Å². The number of fused-ring (bicyclic) bond motifs is 12. The van der Waals surface area contributed by atoms with E-state index in [2.05, 4.69) is 181 Å². The van der Waals surface area contributed by atoms with Gasteiger partial charge < -0.3 is 9.30 Å². The van der Waals surface area contributed by atoms with Gasteiger partial charge in [-0.25, -0.2) is 9.98 Å². The summed E-state index contributed by atoms with van der Waals surface area (Å²) in [6, 6.07) is 69.3. The lowest BCUT2D eigenvalue weighted by molar-refractivity contribution is 0.436. The van der Waals surface area contributed by atoms with Crippen LogP contribution in [0.4, 0.5) is 0 Å². The van der Waals surface area contributed by atoms with Gasteiger partial charge in [0.15, 0.2) is 5.84 Å². The average Bonchev–Trinajstić information content (AvgIpc) is 3.64. The van der Waals surface area contributed by atoms with Crippen LogP contribution in [0.25, 0.3) is 44.3 Å². The minimum absolute atomic E-state index is 0.531. The van der Waals surface area contributed by atoms with Gasteiger partial charge >= 0.3 is 0 Å². The van der Waals surface area contributed by atoms with E-state index in [0.29, 0.717) is 12.3 Å². The Morgan fingerprint density at radius 1 is 0.448 bits per heavy atom. The van der Waals surface area contributed by atoms with Crippen molar-refractivity contribution in [3.8, 4) is 28.3 Å². The van der Waals surface area contributed by atoms with E-state index >= 15 is 0 Å². The highest BCUT2D eigenvalue weighted by Gasteiger charge is 2.51. The highest BCUT2D eigenvalue weighted by molar-refractivity contribution is 6.16. The molecular formula is C54H35N3O. The molecule has 0 atom stereocenters. The van der Waals surface area contributed by atoms with Gasteiger partial charge in [-0.05, 0) is 75.8 Å². The number of hydrogen-bond acceptors (Lipinski definition) is 3. The number of para-hydroxylation sites is 3. The van der Waals surface area contributed by atoms with E-state index in [1.54, 1.807) is 0 Å². The lowest BCUT2D eigenvalue weighted by atomic mass is 9.66. The molecule has 272 valence electrons. The van der Waals surface area contributed by atoms with E-state index in [1.807, 2.05) is 24.3 Å². The fourth-order valence-corrected chi connectivity index (χ4v) is 9.66. The van der Waals surface area contributed by atoms with Gasteiger partial charge in [0.1, 0.15) is 11.5 Å². The van der Waals surface area contributed by atoms with Crippen LogP contribution in [-0.2, 0) is 5.41 Å². The second-order valence-electron chi connectivity index (χ2n) is 15.2. The summed E-state index contributed by atoms with van der Waals surface area (Å²) in [7, 11) is 0. The van der Waals surface area contributed by atoms with Crippen molar-refractivity contribution in [3.05, 3.63) is 239 Å². The van der Waals surface area contributed by atoms with Crippen molar-refractivity contribution in [1.29, 1.82) is 0 Å². The van der Waals surface area contributed by atoms with Crippen molar-refractivity contribution in [2.75, 3.05) is 0 Å². The molecule has 0 N–H and O–H groups in total. The van der Waals surface area contributed by atoms with Crippen LogP contribution in [0.15, 0.2) is 210 Å². The zero-order chi connectivity index (χ0) is 38.2. The number of rotatable bonds is 4. The molecule has 3 heterocycles. The third-order valence-corrected chi connectivity index (χ3v) is 12.1. The molecule has 58 heavy (non-hydrogen) atoms. The number of nitrogens with zero attached hydrogens (tertiary/aromatic N) is 3. The molecule has 2 aliphatic heterocycles. The van der Waals surface area contributed by atoms with Gasteiger partial charge in [-0.3, -0.25) is 0 Å². The van der Waals surface area contributed by atoms with Gasteiger partial charge in [-0.1, -0.05) is 158 Å². The molecule has 0 fully saturated rings. The Morgan fingerprint density at radius 3 is 1.86 bits per heavy atom. The zero-order valence-corrected chi connectivity index (χ0v) is 31.5. The molecule has 0 amide bonds. The number of ether oxygens (including phenoxy) is 1. The Hall–Kier alpha value is -7.56. The van der Waals surface area contributed by atoms with Crippen LogP contribution >= 0.6 is 0 Å².